The van der Waals surface area contributed by atoms with Crippen LogP contribution in [0.5, 0.6) is 0 Å². The van der Waals surface area contributed by atoms with Gasteiger partial charge in [-0.3, -0.25) is 19.5 Å². The van der Waals surface area contributed by atoms with Crippen molar-refractivity contribution in [2.24, 2.45) is 0 Å². The lowest BCUT2D eigenvalue weighted by Gasteiger charge is -2.34. The third-order valence-electron chi connectivity index (χ3n) is 3.82. The van der Waals surface area contributed by atoms with Crippen molar-refractivity contribution >= 4 is 11.8 Å². The van der Waals surface area contributed by atoms with Crippen LogP contribution in [-0.2, 0) is 16.0 Å². The molecule has 120 valence electrons. The summed E-state index contributed by atoms with van der Waals surface area (Å²) in [6, 6.07) is 3.88. The van der Waals surface area contributed by atoms with Crippen LogP contribution in [0.2, 0.25) is 0 Å². The summed E-state index contributed by atoms with van der Waals surface area (Å²) in [5, 5.41) is 2.80. The van der Waals surface area contributed by atoms with Gasteiger partial charge in [-0.05, 0) is 25.0 Å². The third-order valence-corrected chi connectivity index (χ3v) is 3.82. The molecule has 2 rings (SSSR count). The van der Waals surface area contributed by atoms with E-state index in [-0.39, 0.29) is 11.8 Å². The molecule has 1 fully saturated rings. The zero-order valence-corrected chi connectivity index (χ0v) is 13.1. The fourth-order valence-corrected chi connectivity index (χ4v) is 2.57. The van der Waals surface area contributed by atoms with Crippen molar-refractivity contribution in [3.05, 3.63) is 30.1 Å². The minimum Gasteiger partial charge on any atom is -0.355 e. The topological polar surface area (TPSA) is 65.5 Å². The Kier molecular flexibility index (Phi) is 6.33. The fourth-order valence-electron chi connectivity index (χ4n) is 2.57. The van der Waals surface area contributed by atoms with E-state index in [9.17, 15) is 9.59 Å². The van der Waals surface area contributed by atoms with E-state index in [1.807, 2.05) is 24.0 Å². The Morgan fingerprint density at radius 2 is 2.05 bits per heavy atom. The molecule has 0 atom stereocenters. The lowest BCUT2D eigenvalue weighted by atomic mass is 10.1. The van der Waals surface area contributed by atoms with Gasteiger partial charge >= 0.3 is 0 Å². The Morgan fingerprint density at radius 1 is 1.27 bits per heavy atom. The Hall–Kier alpha value is -1.95. The van der Waals surface area contributed by atoms with Crippen LogP contribution in [0.15, 0.2) is 24.5 Å². The van der Waals surface area contributed by atoms with E-state index in [1.54, 1.807) is 12.4 Å². The van der Waals surface area contributed by atoms with Gasteiger partial charge in [-0.2, -0.15) is 0 Å². The highest BCUT2D eigenvalue weighted by Gasteiger charge is 2.21. The molecule has 6 heteroatoms. The SMILES string of the molecule is CCNC(=O)CN1CCN(C(=O)CCc2cccnc2)CC1. The number of carbonyl (C=O) groups excluding carboxylic acids is 2. The molecule has 1 N–H and O–H groups in total. The summed E-state index contributed by atoms with van der Waals surface area (Å²) in [5.41, 5.74) is 1.09. The van der Waals surface area contributed by atoms with Gasteiger partial charge in [0.25, 0.3) is 0 Å². The quantitative estimate of drug-likeness (QED) is 0.821. The number of aryl methyl sites for hydroxylation is 1. The van der Waals surface area contributed by atoms with Crippen LogP contribution >= 0.6 is 0 Å². The molecule has 2 amide bonds. The molecule has 0 radical (unpaired) electrons. The fraction of sp³-hybridized carbons (Fsp3) is 0.562. The number of nitrogens with one attached hydrogen (secondary N) is 1. The van der Waals surface area contributed by atoms with Crippen LogP contribution in [0.25, 0.3) is 0 Å². The molecule has 6 nitrogen and oxygen atoms in total. The van der Waals surface area contributed by atoms with Crippen LogP contribution in [0.3, 0.4) is 0 Å². The van der Waals surface area contributed by atoms with Crippen LogP contribution in [-0.4, -0.2) is 65.9 Å². The monoisotopic (exact) mass is 304 g/mol. The lowest BCUT2D eigenvalue weighted by Crippen LogP contribution is -2.51. The van der Waals surface area contributed by atoms with Gasteiger partial charge in [0, 0.05) is 51.5 Å². The molecule has 0 spiro atoms. The highest BCUT2D eigenvalue weighted by Crippen LogP contribution is 2.07. The second kappa shape index (κ2) is 8.48. The Morgan fingerprint density at radius 3 is 2.68 bits per heavy atom. The standard InChI is InChI=1S/C16H24N4O2/c1-2-18-15(21)13-19-8-10-20(11-9-19)16(22)6-5-14-4-3-7-17-12-14/h3-4,7,12H,2,5-6,8-11,13H2,1H3,(H,18,21). The van der Waals surface area contributed by atoms with Crippen LogP contribution in [0.1, 0.15) is 18.9 Å². The second-order valence-electron chi connectivity index (χ2n) is 5.47. The van der Waals surface area contributed by atoms with Crippen molar-refractivity contribution in [2.75, 3.05) is 39.3 Å². The summed E-state index contributed by atoms with van der Waals surface area (Å²) in [4.78, 5) is 31.8. The van der Waals surface area contributed by atoms with Crippen molar-refractivity contribution in [3.63, 3.8) is 0 Å². The third kappa shape index (κ3) is 5.11. The van der Waals surface area contributed by atoms with Crippen molar-refractivity contribution in [1.29, 1.82) is 0 Å². The van der Waals surface area contributed by atoms with Crippen molar-refractivity contribution in [2.45, 2.75) is 19.8 Å². The zero-order chi connectivity index (χ0) is 15.8. The van der Waals surface area contributed by atoms with Crippen molar-refractivity contribution in [1.82, 2.24) is 20.1 Å². The average molecular weight is 304 g/mol. The molecule has 1 aromatic heterocycles. The number of likely N-dealkylation sites (N-methyl/N-ethyl adjacent to an activating group) is 1. The van der Waals surface area contributed by atoms with E-state index in [0.29, 0.717) is 32.6 Å². The highest BCUT2D eigenvalue weighted by molar-refractivity contribution is 5.78. The number of pyridine rings is 1. The zero-order valence-electron chi connectivity index (χ0n) is 13.1. The van der Waals surface area contributed by atoms with Gasteiger partial charge in [0.05, 0.1) is 6.54 Å². The van der Waals surface area contributed by atoms with E-state index in [1.165, 1.54) is 0 Å². The van der Waals surface area contributed by atoms with Gasteiger partial charge in [0.15, 0.2) is 0 Å². The molecule has 0 aromatic carbocycles. The summed E-state index contributed by atoms with van der Waals surface area (Å²) in [5.74, 6) is 0.236. The van der Waals surface area contributed by atoms with E-state index >= 15 is 0 Å². The van der Waals surface area contributed by atoms with Gasteiger partial charge in [0.2, 0.25) is 11.8 Å². The molecule has 2 heterocycles. The first-order valence-electron chi connectivity index (χ1n) is 7.84. The summed E-state index contributed by atoms with van der Waals surface area (Å²) in [6.45, 7) is 5.91. The Labute approximate surface area is 131 Å². The van der Waals surface area contributed by atoms with E-state index in [4.69, 9.17) is 0 Å². The average Bonchev–Trinajstić information content (AvgIpc) is 2.54. The molecule has 1 aliphatic heterocycles. The van der Waals surface area contributed by atoms with Gasteiger partial charge in [-0.25, -0.2) is 0 Å². The predicted molar refractivity (Wildman–Crippen MR) is 84.3 cm³/mol. The number of rotatable bonds is 6. The number of nitrogens with zero attached hydrogens (tertiary/aromatic N) is 3. The van der Waals surface area contributed by atoms with Crippen molar-refractivity contribution < 1.29 is 9.59 Å². The van der Waals surface area contributed by atoms with Crippen LogP contribution in [0.4, 0.5) is 0 Å². The normalized spacial score (nSPS) is 15.6. The molecule has 0 bridgehead atoms. The maximum atomic E-state index is 12.2. The van der Waals surface area contributed by atoms with E-state index in [2.05, 4.69) is 15.2 Å². The molecular formula is C16H24N4O2. The van der Waals surface area contributed by atoms with Crippen molar-refractivity contribution in [3.8, 4) is 0 Å². The van der Waals surface area contributed by atoms with E-state index < -0.39 is 0 Å². The molecule has 1 aliphatic rings. The molecule has 0 aliphatic carbocycles. The van der Waals surface area contributed by atoms with Gasteiger partial charge in [-0.1, -0.05) is 6.07 Å². The smallest absolute Gasteiger partial charge is 0.234 e. The summed E-state index contributed by atoms with van der Waals surface area (Å²) in [7, 11) is 0. The minimum absolute atomic E-state index is 0.0545. The summed E-state index contributed by atoms with van der Waals surface area (Å²) < 4.78 is 0. The maximum Gasteiger partial charge on any atom is 0.234 e. The summed E-state index contributed by atoms with van der Waals surface area (Å²) in [6.07, 6.45) is 4.78. The first kappa shape index (κ1) is 16.4. The number of amides is 2. The largest absolute Gasteiger partial charge is 0.355 e. The Bertz CT molecular complexity index is 484. The molecule has 1 saturated heterocycles. The van der Waals surface area contributed by atoms with Crippen LogP contribution in [0, 0.1) is 0 Å². The highest BCUT2D eigenvalue weighted by atomic mass is 16.2. The van der Waals surface area contributed by atoms with Gasteiger partial charge < -0.3 is 10.2 Å². The van der Waals surface area contributed by atoms with Crippen LogP contribution < -0.4 is 5.32 Å². The molecule has 22 heavy (non-hydrogen) atoms. The molecular weight excluding hydrogens is 280 g/mol. The molecule has 0 saturated carbocycles. The molecule has 0 unspecified atom stereocenters. The number of hydrogen-bond acceptors (Lipinski definition) is 4. The second-order valence-corrected chi connectivity index (χ2v) is 5.47. The minimum atomic E-state index is 0.0545. The first-order valence-corrected chi connectivity index (χ1v) is 7.84. The number of hydrogen-bond donors (Lipinski definition) is 1. The summed E-state index contributed by atoms with van der Waals surface area (Å²) >= 11 is 0. The number of piperazine rings is 1. The Balaban J connectivity index is 1.69. The van der Waals surface area contributed by atoms with E-state index in [0.717, 1.165) is 25.1 Å². The first-order chi connectivity index (χ1) is 10.7. The van der Waals surface area contributed by atoms with Gasteiger partial charge in [-0.15, -0.1) is 0 Å². The van der Waals surface area contributed by atoms with Gasteiger partial charge in [0.1, 0.15) is 0 Å². The lowest BCUT2D eigenvalue weighted by molar-refractivity contribution is -0.133. The molecule has 1 aromatic rings. The number of aromatic nitrogens is 1. The predicted octanol–water partition coefficient (Wildman–Crippen LogP) is 0.295. The maximum absolute atomic E-state index is 12.2. The number of carbonyl (C=O) groups is 2.